The summed E-state index contributed by atoms with van der Waals surface area (Å²) in [6.45, 7) is 21.3. The summed E-state index contributed by atoms with van der Waals surface area (Å²) in [7, 11) is 4.10. The van der Waals surface area contributed by atoms with Crippen LogP contribution in [0, 0.1) is 43.1 Å². The van der Waals surface area contributed by atoms with Gasteiger partial charge in [-0.15, -0.1) is 0 Å². The van der Waals surface area contributed by atoms with Gasteiger partial charge in [-0.05, 0) is 274 Å². The number of ketones is 3. The van der Waals surface area contributed by atoms with E-state index in [1.165, 1.54) is 43.9 Å². The molecule has 9 heterocycles. The Balaban J connectivity index is -0.000000225. The molecule has 5 aromatic heterocycles. The van der Waals surface area contributed by atoms with Crippen molar-refractivity contribution in [3.8, 4) is 0 Å². The number of carbonyl (C=O) groups is 5. The van der Waals surface area contributed by atoms with Crippen LogP contribution in [-0.2, 0) is 75.0 Å². The molecule has 4 atom stereocenters. The number of carboxylic acids is 1. The van der Waals surface area contributed by atoms with Gasteiger partial charge in [0, 0.05) is 218 Å². The Hall–Kier alpha value is -5.61. The number of rotatable bonds is 11. The first kappa shape index (κ1) is 76.2. The quantitative estimate of drug-likeness (QED) is 0.0197. The molecule has 0 saturated carbocycles. The van der Waals surface area contributed by atoms with Crippen molar-refractivity contribution in [2.75, 3.05) is 52.4 Å². The van der Waals surface area contributed by atoms with E-state index >= 15 is 0 Å². The van der Waals surface area contributed by atoms with E-state index in [1.807, 2.05) is 158 Å². The number of nitrogens with zero attached hydrogens (tertiary/aromatic N) is 5. The standard InChI is InChI=1S/C18H21N4O2.C11H12NOP.C11H11NO.C10H9INOP.C10H9NO2.C9H15N2O.CH5BO2.2Y.12H2/c1-12-7-19-17-3-2-13(6-16(12)17)18(24)22-9-15(10-22)20-14-4-5-21(8-14)11-23;1-7-6-12(14)11-4-3-9(8(2)13)5-10(7)11;1-7-6-12-11-4-3-9(8(2)13)5-10(7)11;1-6(13)7-2-3-10-8(4-7)9(11)5-12(10)14;1-6-5-11-9-3-2-7(10(12)13)4-8(6)9;12-7-11-2-1-8(6-11)3-9-4-10-5-9;1-2(3)4;;;;;;;;;;;;;;/h2-3,6-7,14-15,19-20H,4-5,8-10H2,1H3;3-6H,14H2,1-2H3;3-6,12H,1-2H3;2-5H,14H2,1H3;2-5,11H,1H3,(H,12,13);8-10H,1-6H2;3-4H,1H3;;;12*1H/q-1;;;;;-1;;;;;;;;;;;;;;;/i;;;;;;;;;2*1+1D;1+1;;;;;;;;;. The molecule has 4 aliphatic rings. The number of nitrogens with one attached hydrogen (secondary N) is 5. The molecular formula is C70H106BIN10O10P2Y2-2. The number of amides is 3. The molecule has 4 fully saturated rings. The molecule has 8 N–H and O–H groups in total. The van der Waals surface area contributed by atoms with E-state index in [-0.39, 0.29) is 103 Å². The molecule has 14 rings (SSSR count). The number of fused-ring (bicyclic) bond motifs is 5. The van der Waals surface area contributed by atoms with Crippen molar-refractivity contribution in [1.82, 2.24) is 49.0 Å². The van der Waals surface area contributed by atoms with Crippen LogP contribution in [0.5, 0.6) is 0 Å². The number of H-pyrrole nitrogens is 3. The molecule has 524 valence electrons. The van der Waals surface area contributed by atoms with E-state index in [4.69, 9.17) is 21.1 Å². The number of likely N-dealkylation sites (tertiary alicyclic amines) is 3. The number of aryl methyl sites for hydroxylation is 4. The molecule has 0 spiro atoms. The smallest absolute Gasteiger partial charge is 0.448 e. The van der Waals surface area contributed by atoms with E-state index in [0.29, 0.717) is 17.6 Å². The van der Waals surface area contributed by atoms with Gasteiger partial charge in [-0.2, -0.15) is 12.8 Å². The Morgan fingerprint density at radius 2 is 1.01 bits per heavy atom. The van der Waals surface area contributed by atoms with Gasteiger partial charge in [-0.25, -0.2) is 4.79 Å². The van der Waals surface area contributed by atoms with Gasteiger partial charge < -0.3 is 73.7 Å². The third-order valence-electron chi connectivity index (χ3n) is 17.1. The number of aromatic nitrogens is 5. The summed E-state index contributed by atoms with van der Waals surface area (Å²) in [5.41, 5.74) is 13.4. The van der Waals surface area contributed by atoms with Crippen molar-refractivity contribution >= 4 is 145 Å². The number of carbonyl (C=O) groups excluding carboxylic acids is 6. The molecule has 5 aromatic carbocycles. The van der Waals surface area contributed by atoms with E-state index in [0.717, 1.165) is 149 Å². The summed E-state index contributed by atoms with van der Waals surface area (Å²) < 4.78 is 25.1. The number of carboxylic acid groups (broad SMARTS) is 1. The summed E-state index contributed by atoms with van der Waals surface area (Å²) in [6.07, 6.45) is 17.2. The maximum Gasteiger partial charge on any atom is 0.448 e. The molecule has 3 amide bonds. The molecule has 4 unspecified atom stereocenters. The zero-order valence-corrected chi connectivity index (χ0v) is 65.5. The van der Waals surface area contributed by atoms with Crippen LogP contribution in [0.15, 0.2) is 122 Å². The SMILES string of the molecule is CB(O)O.CC(=O)c1ccc2[nH]cc(C)c2c1.CC(=O)c1ccc2c(c1)c(C)cn2P.CC(=O)c1ccc2c(c1)c(I)cn2P.Cc1c[nH]c2ccc(C(=O)N3CC(NC4CCN([C-]=O)C4)C3)cc12.Cc1c[nH]c2ccc(C(=O)O)cc12.O=[C-]N1CCC(CC2CNC2)C1.[2HH].[2H][2H].[2H][2H].[HH].[HH].[HH].[HH].[HH].[HH].[HH].[HH].[HH].[Y].[Y]. The molecule has 2 radical (unpaired) electrons. The van der Waals surface area contributed by atoms with Gasteiger partial charge in [0.05, 0.1) is 16.6 Å². The first-order valence-electron chi connectivity index (χ1n) is 33.1. The second-order valence-corrected chi connectivity index (χ2v) is 26.7. The molecular weight excluding hydrogens is 1520 g/mol. The summed E-state index contributed by atoms with van der Waals surface area (Å²) in [6, 6.07) is 28.8. The minimum atomic E-state index is -1.17. The Morgan fingerprint density at radius 3 is 1.47 bits per heavy atom. The minimum Gasteiger partial charge on any atom is -0.520 e. The van der Waals surface area contributed by atoms with Crippen molar-refractivity contribution in [2.45, 2.75) is 86.6 Å². The van der Waals surface area contributed by atoms with E-state index in [1.54, 1.807) is 48.8 Å². The molecule has 26 heteroatoms. The van der Waals surface area contributed by atoms with E-state index in [9.17, 15) is 33.6 Å². The fraction of sp³-hybridized carbons (Fsp3) is 0.329. The summed E-state index contributed by atoms with van der Waals surface area (Å²) in [4.78, 5) is 92.5. The van der Waals surface area contributed by atoms with Gasteiger partial charge in [-0.3, -0.25) is 19.2 Å². The molecule has 96 heavy (non-hydrogen) atoms. The first-order chi connectivity index (χ1) is 46.8. The summed E-state index contributed by atoms with van der Waals surface area (Å²) >= 11 is 2.27. The number of hydrogen-bond acceptors (Lipinski definition) is 11. The number of Topliss-reactive ketones (excluding diaryl/α,β-unsaturated/α-hetero) is 3. The molecule has 0 aliphatic carbocycles. The topological polar surface area (TPSA) is 271 Å². The van der Waals surface area contributed by atoms with Crippen molar-refractivity contribution in [2.24, 2.45) is 11.8 Å². The Bertz CT molecular complexity index is 4240. The number of aromatic amines is 3. The van der Waals surface area contributed by atoms with Crippen LogP contribution in [0.3, 0.4) is 0 Å². The van der Waals surface area contributed by atoms with Gasteiger partial charge in [0.15, 0.2) is 17.3 Å². The zero-order chi connectivity index (χ0) is 72.1. The van der Waals surface area contributed by atoms with Crippen molar-refractivity contribution in [1.29, 1.82) is 0 Å². The number of halogens is 1. The van der Waals surface area contributed by atoms with Crippen LogP contribution < -0.4 is 10.6 Å². The molecule has 4 saturated heterocycles. The fourth-order valence-corrected chi connectivity index (χ4v) is 13.5. The Morgan fingerprint density at radius 1 is 0.594 bits per heavy atom. The third kappa shape index (κ3) is 21.2. The molecule has 0 bridgehead atoms. The van der Waals surface area contributed by atoms with Crippen LogP contribution in [0.25, 0.3) is 54.5 Å². The first-order valence-corrected chi connectivity index (χ1v) is 33.2. The zero-order valence-electron chi connectivity index (χ0n) is 59.3. The van der Waals surface area contributed by atoms with Crippen LogP contribution >= 0.6 is 41.4 Å². The maximum absolute atomic E-state index is 12.6. The van der Waals surface area contributed by atoms with Crippen molar-refractivity contribution in [3.63, 3.8) is 0 Å². The second-order valence-electron chi connectivity index (χ2n) is 24.4. The predicted octanol–water partition coefficient (Wildman–Crippen LogP) is 13.8. The van der Waals surface area contributed by atoms with Gasteiger partial charge in [0.2, 0.25) is 0 Å². The van der Waals surface area contributed by atoms with Crippen LogP contribution in [0.4, 0.5) is 0 Å². The van der Waals surface area contributed by atoms with Crippen molar-refractivity contribution < 1.29 is 134 Å². The minimum absolute atomic E-state index is 0. The average molecular weight is 1630 g/mol. The molecule has 4 aliphatic heterocycles. The number of aromatic carboxylic acids is 1. The van der Waals surface area contributed by atoms with E-state index in [2.05, 4.69) is 67.0 Å². The van der Waals surface area contributed by atoms with Gasteiger partial charge >= 0.3 is 13.1 Å². The van der Waals surface area contributed by atoms with Crippen LogP contribution in [-0.4, -0.2) is 167 Å². The molecule has 20 nitrogen and oxygen atoms in total. The van der Waals surface area contributed by atoms with Crippen molar-refractivity contribution in [3.05, 3.63) is 176 Å². The third-order valence-corrected chi connectivity index (χ3v) is 18.8. The van der Waals surface area contributed by atoms with Gasteiger partial charge in [0.1, 0.15) is 0 Å². The summed E-state index contributed by atoms with van der Waals surface area (Å²) in [5, 5.41) is 36.3. The number of benzene rings is 5. The van der Waals surface area contributed by atoms with Gasteiger partial charge in [0.25, 0.3) is 5.91 Å². The Kier molecular flexibility index (Phi) is 29.4. The Labute approximate surface area is 649 Å². The normalized spacial score (nSPS) is 15.6. The van der Waals surface area contributed by atoms with Crippen LogP contribution in [0.1, 0.15) is 134 Å². The molecule has 10 aromatic rings. The number of hydrogen-bond donors (Lipinski definition) is 8. The average Bonchev–Trinajstić information content (AvgIpc) is 1.54. The monoisotopic (exact) mass is 1630 g/mol. The fourth-order valence-electron chi connectivity index (χ4n) is 11.7. The van der Waals surface area contributed by atoms with Gasteiger partial charge in [-0.1, -0.05) is 0 Å². The maximum atomic E-state index is 12.6. The van der Waals surface area contributed by atoms with Crippen LogP contribution in [0.2, 0.25) is 6.82 Å². The second kappa shape index (κ2) is 37.0. The predicted molar refractivity (Wildman–Crippen MR) is 414 cm³/mol. The van der Waals surface area contributed by atoms with E-state index < -0.39 is 13.1 Å². The summed E-state index contributed by atoms with van der Waals surface area (Å²) in [5.74, 6) is 1.16. The largest absolute Gasteiger partial charge is 0.520 e.